The lowest BCUT2D eigenvalue weighted by Gasteiger charge is -2.35. The van der Waals surface area contributed by atoms with Crippen molar-refractivity contribution < 1.29 is 9.59 Å². The van der Waals surface area contributed by atoms with E-state index in [1.54, 1.807) is 11.9 Å². The van der Waals surface area contributed by atoms with Crippen LogP contribution in [0.4, 0.5) is 0 Å². The van der Waals surface area contributed by atoms with Gasteiger partial charge in [-0.2, -0.15) is 0 Å². The van der Waals surface area contributed by atoms with Crippen LogP contribution in [0.1, 0.15) is 41.0 Å². The SMILES string of the molecule is CC(C)C1(C(=O)N(C)CC(=O)NC(C)(C)C)CCNC1. The highest BCUT2D eigenvalue weighted by molar-refractivity contribution is 5.88. The van der Waals surface area contributed by atoms with Gasteiger partial charge in [0, 0.05) is 19.1 Å². The first-order chi connectivity index (χ1) is 9.08. The predicted molar refractivity (Wildman–Crippen MR) is 80.3 cm³/mol. The number of nitrogens with one attached hydrogen (secondary N) is 2. The molecule has 5 nitrogen and oxygen atoms in total. The highest BCUT2D eigenvalue weighted by atomic mass is 16.2. The maximum Gasteiger partial charge on any atom is 0.240 e. The first kappa shape index (κ1) is 17.0. The second-order valence-corrected chi connectivity index (χ2v) is 7.20. The summed E-state index contributed by atoms with van der Waals surface area (Å²) in [6, 6.07) is 0. The third-order valence-electron chi connectivity index (χ3n) is 3.96. The molecule has 1 unspecified atom stereocenters. The van der Waals surface area contributed by atoms with Crippen LogP contribution in [0.25, 0.3) is 0 Å². The molecule has 1 atom stereocenters. The summed E-state index contributed by atoms with van der Waals surface area (Å²) in [6.45, 7) is 11.6. The Morgan fingerprint density at radius 2 is 1.95 bits per heavy atom. The minimum Gasteiger partial charge on any atom is -0.350 e. The van der Waals surface area contributed by atoms with Crippen molar-refractivity contribution in [1.29, 1.82) is 0 Å². The Balaban J connectivity index is 2.69. The first-order valence-corrected chi connectivity index (χ1v) is 7.36. The van der Waals surface area contributed by atoms with Crippen molar-refractivity contribution in [2.24, 2.45) is 11.3 Å². The van der Waals surface area contributed by atoms with Gasteiger partial charge in [-0.1, -0.05) is 13.8 Å². The van der Waals surface area contributed by atoms with Crippen molar-refractivity contribution in [2.45, 2.75) is 46.6 Å². The number of hydrogen-bond acceptors (Lipinski definition) is 3. The fraction of sp³-hybridized carbons (Fsp3) is 0.867. The second-order valence-electron chi connectivity index (χ2n) is 7.20. The van der Waals surface area contributed by atoms with Crippen molar-refractivity contribution in [2.75, 3.05) is 26.7 Å². The smallest absolute Gasteiger partial charge is 0.240 e. The normalized spacial score (nSPS) is 22.9. The predicted octanol–water partition coefficient (Wildman–Crippen LogP) is 0.995. The van der Waals surface area contributed by atoms with Crippen molar-refractivity contribution in [1.82, 2.24) is 15.5 Å². The van der Waals surface area contributed by atoms with Crippen LogP contribution in [0.15, 0.2) is 0 Å². The molecule has 1 aliphatic heterocycles. The van der Waals surface area contributed by atoms with Crippen LogP contribution in [0.3, 0.4) is 0 Å². The number of rotatable bonds is 4. The van der Waals surface area contributed by atoms with Gasteiger partial charge in [0.2, 0.25) is 11.8 Å². The van der Waals surface area contributed by atoms with Crippen molar-refractivity contribution in [3.05, 3.63) is 0 Å². The van der Waals surface area contributed by atoms with E-state index >= 15 is 0 Å². The Hall–Kier alpha value is -1.10. The van der Waals surface area contributed by atoms with E-state index in [4.69, 9.17) is 0 Å². The van der Waals surface area contributed by atoms with Crippen LogP contribution < -0.4 is 10.6 Å². The molecule has 1 fully saturated rings. The zero-order chi connectivity index (χ0) is 15.6. The van der Waals surface area contributed by atoms with E-state index in [9.17, 15) is 9.59 Å². The molecule has 1 rings (SSSR count). The quantitative estimate of drug-likeness (QED) is 0.809. The number of hydrogen-bond donors (Lipinski definition) is 2. The van der Waals surface area contributed by atoms with Gasteiger partial charge in [0.1, 0.15) is 0 Å². The first-order valence-electron chi connectivity index (χ1n) is 7.36. The molecule has 2 amide bonds. The number of carbonyl (C=O) groups excluding carboxylic acids is 2. The van der Waals surface area contributed by atoms with Crippen molar-refractivity contribution >= 4 is 11.8 Å². The Morgan fingerprint density at radius 1 is 1.35 bits per heavy atom. The van der Waals surface area contributed by atoms with Gasteiger partial charge in [0.25, 0.3) is 0 Å². The second kappa shape index (κ2) is 6.12. The fourth-order valence-electron chi connectivity index (χ4n) is 2.76. The highest BCUT2D eigenvalue weighted by Crippen LogP contribution is 2.35. The van der Waals surface area contributed by atoms with Gasteiger partial charge in [-0.05, 0) is 39.7 Å². The molecule has 0 aromatic carbocycles. The van der Waals surface area contributed by atoms with E-state index in [0.717, 1.165) is 13.0 Å². The Kier molecular flexibility index (Phi) is 5.19. The zero-order valence-corrected chi connectivity index (χ0v) is 13.7. The monoisotopic (exact) mass is 283 g/mol. The number of carbonyl (C=O) groups is 2. The highest BCUT2D eigenvalue weighted by Gasteiger charge is 2.45. The van der Waals surface area contributed by atoms with Crippen LogP contribution in [0.2, 0.25) is 0 Å². The van der Waals surface area contributed by atoms with Gasteiger partial charge in [0.15, 0.2) is 0 Å². The molecule has 0 bridgehead atoms. The molecule has 1 saturated heterocycles. The van der Waals surface area contributed by atoms with Crippen LogP contribution in [-0.4, -0.2) is 48.9 Å². The van der Waals surface area contributed by atoms with E-state index in [0.29, 0.717) is 6.54 Å². The molecular weight excluding hydrogens is 254 g/mol. The van der Waals surface area contributed by atoms with Gasteiger partial charge >= 0.3 is 0 Å². The maximum atomic E-state index is 12.7. The molecule has 5 heteroatoms. The topological polar surface area (TPSA) is 61.4 Å². The summed E-state index contributed by atoms with van der Waals surface area (Å²) >= 11 is 0. The standard InChI is InChI=1S/C15H29N3O2/c1-11(2)15(7-8-16-10-15)13(20)18(6)9-12(19)17-14(3,4)5/h11,16H,7-10H2,1-6H3,(H,17,19). The summed E-state index contributed by atoms with van der Waals surface area (Å²) in [7, 11) is 1.72. The van der Waals surface area contributed by atoms with Crippen molar-refractivity contribution in [3.63, 3.8) is 0 Å². The van der Waals surface area contributed by atoms with Gasteiger partial charge < -0.3 is 15.5 Å². The van der Waals surface area contributed by atoms with Crippen LogP contribution in [-0.2, 0) is 9.59 Å². The number of amides is 2. The summed E-state index contributed by atoms with van der Waals surface area (Å²) in [4.78, 5) is 26.2. The molecule has 0 aromatic rings. The average molecular weight is 283 g/mol. The minimum absolute atomic E-state index is 0.0709. The van der Waals surface area contributed by atoms with Gasteiger partial charge in [-0.3, -0.25) is 9.59 Å². The lowest BCUT2D eigenvalue weighted by Crippen LogP contribution is -2.51. The Morgan fingerprint density at radius 3 is 2.35 bits per heavy atom. The molecule has 1 aliphatic rings. The number of likely N-dealkylation sites (N-methyl/N-ethyl adjacent to an activating group) is 1. The zero-order valence-electron chi connectivity index (χ0n) is 13.7. The summed E-state index contributed by atoms with van der Waals surface area (Å²) in [5.74, 6) is 0.220. The summed E-state index contributed by atoms with van der Waals surface area (Å²) in [5.41, 5.74) is -0.637. The van der Waals surface area contributed by atoms with Gasteiger partial charge in [-0.25, -0.2) is 0 Å². The summed E-state index contributed by atoms with van der Waals surface area (Å²) in [6.07, 6.45) is 0.842. The van der Waals surface area contributed by atoms with Gasteiger partial charge in [0.05, 0.1) is 12.0 Å². The average Bonchev–Trinajstić information content (AvgIpc) is 2.75. The maximum absolute atomic E-state index is 12.7. The van der Waals surface area contributed by atoms with E-state index in [1.807, 2.05) is 20.8 Å². The molecule has 1 heterocycles. The molecule has 20 heavy (non-hydrogen) atoms. The minimum atomic E-state index is -0.364. The van der Waals surface area contributed by atoms with Crippen molar-refractivity contribution in [3.8, 4) is 0 Å². The Labute approximate surface area is 122 Å². The molecule has 0 spiro atoms. The summed E-state index contributed by atoms with van der Waals surface area (Å²) < 4.78 is 0. The van der Waals surface area contributed by atoms with E-state index < -0.39 is 0 Å². The molecule has 0 radical (unpaired) electrons. The number of nitrogens with zero attached hydrogens (tertiary/aromatic N) is 1. The molecule has 116 valence electrons. The third-order valence-corrected chi connectivity index (χ3v) is 3.96. The molecule has 2 N–H and O–H groups in total. The lowest BCUT2D eigenvalue weighted by atomic mass is 9.75. The Bertz CT molecular complexity index is 366. The lowest BCUT2D eigenvalue weighted by molar-refractivity contribution is -0.145. The fourth-order valence-corrected chi connectivity index (χ4v) is 2.76. The van der Waals surface area contributed by atoms with Gasteiger partial charge in [-0.15, -0.1) is 0 Å². The van der Waals surface area contributed by atoms with Crippen LogP contribution in [0, 0.1) is 11.3 Å². The molecule has 0 saturated carbocycles. The summed E-state index contributed by atoms with van der Waals surface area (Å²) in [5, 5.41) is 6.16. The van der Waals surface area contributed by atoms with Crippen LogP contribution in [0.5, 0.6) is 0 Å². The molecule has 0 aromatic heterocycles. The van der Waals surface area contributed by atoms with E-state index in [1.165, 1.54) is 0 Å². The third kappa shape index (κ3) is 3.95. The molecule has 0 aliphatic carbocycles. The van der Waals surface area contributed by atoms with Crippen LogP contribution >= 0.6 is 0 Å². The largest absolute Gasteiger partial charge is 0.350 e. The van der Waals surface area contributed by atoms with E-state index in [-0.39, 0.29) is 35.2 Å². The molecular formula is C15H29N3O2. The van der Waals surface area contributed by atoms with E-state index in [2.05, 4.69) is 24.5 Å².